The van der Waals surface area contributed by atoms with Crippen LogP contribution in [-0.2, 0) is 27.7 Å². The molecule has 1 aromatic carbocycles. The molecule has 0 fully saturated rings. The van der Waals surface area contributed by atoms with Crippen molar-refractivity contribution in [3.63, 3.8) is 0 Å². The van der Waals surface area contributed by atoms with E-state index in [1.54, 1.807) is 0 Å². The van der Waals surface area contributed by atoms with E-state index in [2.05, 4.69) is 14.7 Å². The monoisotopic (exact) mass is 360 g/mol. The number of esters is 1. The largest absolute Gasteiger partial charge is 0.465 e. The molecular formula is C14H11F3N2O4S. The molecule has 6 nitrogen and oxygen atoms in total. The molecule has 0 aliphatic rings. The van der Waals surface area contributed by atoms with Gasteiger partial charge in [0.15, 0.2) is 11.1 Å². The summed E-state index contributed by atoms with van der Waals surface area (Å²) in [5.41, 5.74) is -0.775. The second-order valence-corrected chi connectivity index (χ2v) is 5.52. The first-order valence-corrected chi connectivity index (χ1v) is 7.69. The molecule has 0 radical (unpaired) electrons. The van der Waals surface area contributed by atoms with E-state index in [1.807, 2.05) is 0 Å². The van der Waals surface area contributed by atoms with Gasteiger partial charge in [-0.3, -0.25) is 0 Å². The van der Waals surface area contributed by atoms with Crippen molar-refractivity contribution < 1.29 is 31.5 Å². The average Bonchev–Trinajstić information content (AvgIpc) is 2.52. The maximum atomic E-state index is 12.9. The lowest BCUT2D eigenvalue weighted by molar-refractivity contribution is -0.141. The third kappa shape index (κ3) is 4.36. The lowest BCUT2D eigenvalue weighted by Gasteiger charge is -2.10. The predicted molar refractivity (Wildman–Crippen MR) is 78.3 cm³/mol. The summed E-state index contributed by atoms with van der Waals surface area (Å²) in [4.78, 5) is 18.5. The van der Waals surface area contributed by atoms with Gasteiger partial charge in [-0.2, -0.15) is 13.2 Å². The molecule has 128 valence electrons. The number of carbonyl (C=O) groups excluding carboxylic acids is 1. The molecule has 0 aliphatic carbocycles. The Kier molecular flexibility index (Phi) is 5.30. The number of aromatic nitrogens is 2. The Morgan fingerprint density at radius 2 is 1.88 bits per heavy atom. The number of carbonyl (C=O) groups is 1. The number of rotatable bonds is 4. The molecule has 0 saturated heterocycles. The number of nitrogens with zero attached hydrogens (tertiary/aromatic N) is 2. The standard InChI is InChI=1S/C14H11F3N2O4S/c1-23-13(20)9-4-2-8(3-5-9)10-6-11(14(15,16)17)19-12(18-10)7-24(21)22/h2-6H,7H2,1H3,(H,21,22). The second kappa shape index (κ2) is 7.05. The highest BCUT2D eigenvalue weighted by Crippen LogP contribution is 2.30. The number of benzene rings is 1. The van der Waals surface area contributed by atoms with Gasteiger partial charge >= 0.3 is 12.1 Å². The molecular weight excluding hydrogens is 349 g/mol. The molecule has 1 unspecified atom stereocenters. The van der Waals surface area contributed by atoms with Gasteiger partial charge in [0.05, 0.1) is 18.4 Å². The minimum absolute atomic E-state index is 0.0748. The Morgan fingerprint density at radius 3 is 2.38 bits per heavy atom. The maximum Gasteiger partial charge on any atom is 0.433 e. The van der Waals surface area contributed by atoms with Gasteiger partial charge in [-0.05, 0) is 18.2 Å². The molecule has 1 atom stereocenters. The van der Waals surface area contributed by atoms with Crippen molar-refractivity contribution >= 4 is 17.0 Å². The van der Waals surface area contributed by atoms with Crippen LogP contribution in [0.2, 0.25) is 0 Å². The van der Waals surface area contributed by atoms with Gasteiger partial charge in [-0.25, -0.2) is 19.0 Å². The Bertz CT molecular complexity index is 779. The molecule has 0 bridgehead atoms. The van der Waals surface area contributed by atoms with E-state index in [-0.39, 0.29) is 11.3 Å². The van der Waals surface area contributed by atoms with E-state index in [4.69, 9.17) is 4.55 Å². The number of halogens is 3. The number of hydrogen-bond acceptors (Lipinski definition) is 5. The topological polar surface area (TPSA) is 89.4 Å². The van der Waals surface area contributed by atoms with Gasteiger partial charge in [0.2, 0.25) is 0 Å². The van der Waals surface area contributed by atoms with Crippen molar-refractivity contribution in [1.82, 2.24) is 9.97 Å². The molecule has 24 heavy (non-hydrogen) atoms. The van der Waals surface area contributed by atoms with Crippen LogP contribution in [0.1, 0.15) is 21.9 Å². The van der Waals surface area contributed by atoms with Crippen molar-refractivity contribution in [2.45, 2.75) is 11.9 Å². The van der Waals surface area contributed by atoms with Crippen LogP contribution in [0, 0.1) is 0 Å². The Labute approximate surface area is 137 Å². The minimum Gasteiger partial charge on any atom is -0.465 e. The first-order chi connectivity index (χ1) is 11.2. The molecule has 1 aromatic heterocycles. The van der Waals surface area contributed by atoms with Crippen molar-refractivity contribution in [3.8, 4) is 11.3 Å². The van der Waals surface area contributed by atoms with Gasteiger partial charge in [0, 0.05) is 5.56 Å². The molecule has 0 amide bonds. The van der Waals surface area contributed by atoms with Crippen LogP contribution in [-0.4, -0.2) is 31.8 Å². The highest BCUT2D eigenvalue weighted by atomic mass is 32.2. The van der Waals surface area contributed by atoms with Gasteiger partial charge in [0.25, 0.3) is 0 Å². The molecule has 0 aliphatic heterocycles. The highest BCUT2D eigenvalue weighted by Gasteiger charge is 2.33. The SMILES string of the molecule is COC(=O)c1ccc(-c2cc(C(F)(F)F)nc(CS(=O)O)n2)cc1. The van der Waals surface area contributed by atoms with Crippen LogP contribution in [0.4, 0.5) is 13.2 Å². The van der Waals surface area contributed by atoms with Crippen LogP contribution in [0.5, 0.6) is 0 Å². The van der Waals surface area contributed by atoms with Crippen LogP contribution in [0.3, 0.4) is 0 Å². The van der Waals surface area contributed by atoms with Gasteiger partial charge in [-0.15, -0.1) is 0 Å². The first-order valence-electron chi connectivity index (χ1n) is 6.42. The predicted octanol–water partition coefficient (Wildman–Crippen LogP) is 2.67. The Balaban J connectivity index is 2.48. The summed E-state index contributed by atoms with van der Waals surface area (Å²) in [6, 6.07) is 6.28. The van der Waals surface area contributed by atoms with Crippen LogP contribution in [0.15, 0.2) is 30.3 Å². The smallest absolute Gasteiger partial charge is 0.433 e. The van der Waals surface area contributed by atoms with Crippen LogP contribution < -0.4 is 0 Å². The zero-order chi connectivity index (χ0) is 17.9. The number of alkyl halides is 3. The number of ether oxygens (including phenoxy) is 1. The third-order valence-corrected chi connectivity index (χ3v) is 3.42. The van der Waals surface area contributed by atoms with Crippen molar-refractivity contribution in [2.24, 2.45) is 0 Å². The zero-order valence-corrected chi connectivity index (χ0v) is 13.0. The van der Waals surface area contributed by atoms with Crippen molar-refractivity contribution in [1.29, 1.82) is 0 Å². The molecule has 1 N–H and O–H groups in total. The van der Waals surface area contributed by atoms with E-state index in [0.717, 1.165) is 6.07 Å². The summed E-state index contributed by atoms with van der Waals surface area (Å²) in [6.45, 7) is 0. The average molecular weight is 360 g/mol. The van der Waals surface area contributed by atoms with E-state index < -0.39 is 40.5 Å². The van der Waals surface area contributed by atoms with Gasteiger partial charge in [0.1, 0.15) is 17.3 Å². The molecule has 0 spiro atoms. The summed E-state index contributed by atoms with van der Waals surface area (Å²) < 4.78 is 63.0. The molecule has 10 heteroatoms. The lowest BCUT2D eigenvalue weighted by atomic mass is 10.1. The summed E-state index contributed by atoms with van der Waals surface area (Å²) in [5, 5.41) is 0. The Morgan fingerprint density at radius 1 is 1.25 bits per heavy atom. The second-order valence-electron chi connectivity index (χ2n) is 4.59. The zero-order valence-electron chi connectivity index (χ0n) is 12.2. The molecule has 2 aromatic rings. The van der Waals surface area contributed by atoms with E-state index in [1.165, 1.54) is 31.4 Å². The first kappa shape index (κ1) is 18.0. The van der Waals surface area contributed by atoms with Crippen LogP contribution in [0.25, 0.3) is 11.3 Å². The van der Waals surface area contributed by atoms with Gasteiger partial charge in [-0.1, -0.05) is 12.1 Å². The molecule has 2 rings (SSSR count). The minimum atomic E-state index is -4.73. The normalized spacial score (nSPS) is 12.7. The van der Waals surface area contributed by atoms with E-state index >= 15 is 0 Å². The fraction of sp³-hybridized carbons (Fsp3) is 0.214. The number of methoxy groups -OCH3 is 1. The van der Waals surface area contributed by atoms with E-state index in [9.17, 15) is 22.2 Å². The molecule has 0 saturated carbocycles. The van der Waals surface area contributed by atoms with Crippen molar-refractivity contribution in [2.75, 3.05) is 7.11 Å². The fourth-order valence-electron chi connectivity index (χ4n) is 1.86. The van der Waals surface area contributed by atoms with Crippen molar-refractivity contribution in [3.05, 3.63) is 47.4 Å². The lowest BCUT2D eigenvalue weighted by Crippen LogP contribution is -2.12. The van der Waals surface area contributed by atoms with Gasteiger partial charge < -0.3 is 9.29 Å². The highest BCUT2D eigenvalue weighted by molar-refractivity contribution is 7.78. The fourth-order valence-corrected chi connectivity index (χ4v) is 2.21. The van der Waals surface area contributed by atoms with E-state index in [0.29, 0.717) is 5.56 Å². The quantitative estimate of drug-likeness (QED) is 0.666. The summed E-state index contributed by atoms with van der Waals surface area (Å²) in [6.07, 6.45) is -4.73. The van der Waals surface area contributed by atoms with Crippen LogP contribution >= 0.6 is 0 Å². The third-order valence-electron chi connectivity index (χ3n) is 2.92. The summed E-state index contributed by atoms with van der Waals surface area (Å²) in [5.74, 6) is -1.62. The number of hydrogen-bond donors (Lipinski definition) is 1. The Hall–Kier alpha value is -2.33. The summed E-state index contributed by atoms with van der Waals surface area (Å²) >= 11 is -2.38. The maximum absolute atomic E-state index is 12.9. The summed E-state index contributed by atoms with van der Waals surface area (Å²) in [7, 11) is 1.21. The molecule has 1 heterocycles.